The van der Waals surface area contributed by atoms with E-state index >= 15 is 0 Å². The summed E-state index contributed by atoms with van der Waals surface area (Å²) in [5.41, 5.74) is 1.42. The molecule has 3 aromatic carbocycles. The van der Waals surface area contributed by atoms with Crippen molar-refractivity contribution in [3.63, 3.8) is 0 Å². The zero-order chi connectivity index (χ0) is 14.7. The second kappa shape index (κ2) is 5.54. The van der Waals surface area contributed by atoms with Crippen molar-refractivity contribution in [2.45, 2.75) is 0 Å². The van der Waals surface area contributed by atoms with Gasteiger partial charge >= 0.3 is 6.03 Å². The van der Waals surface area contributed by atoms with Gasteiger partial charge in [0.25, 0.3) is 0 Å². The van der Waals surface area contributed by atoms with Gasteiger partial charge in [-0.15, -0.1) is 0 Å². The Morgan fingerprint density at radius 3 is 2.48 bits per heavy atom. The molecule has 4 heteroatoms. The van der Waals surface area contributed by atoms with E-state index in [2.05, 4.69) is 10.6 Å². The molecule has 0 aliphatic carbocycles. The molecule has 21 heavy (non-hydrogen) atoms. The molecular weight excluding hydrogens is 264 g/mol. The number of phenolic OH excluding ortho intramolecular Hbond substituents is 1. The first-order valence-corrected chi connectivity index (χ1v) is 6.57. The molecule has 2 amide bonds. The Bertz CT molecular complexity index is 785. The number of hydrogen-bond acceptors (Lipinski definition) is 2. The molecule has 0 saturated carbocycles. The van der Waals surface area contributed by atoms with Crippen LogP contribution in [0, 0.1) is 0 Å². The number of amides is 2. The molecule has 0 heterocycles. The van der Waals surface area contributed by atoms with Crippen molar-refractivity contribution in [1.29, 1.82) is 0 Å². The molecule has 0 aromatic heterocycles. The molecule has 104 valence electrons. The normalized spacial score (nSPS) is 10.3. The molecule has 0 spiro atoms. The maximum Gasteiger partial charge on any atom is 0.323 e. The molecule has 0 saturated heterocycles. The number of anilines is 2. The molecule has 0 unspecified atom stereocenters. The van der Waals surface area contributed by atoms with Gasteiger partial charge in [0.05, 0.1) is 5.69 Å². The summed E-state index contributed by atoms with van der Waals surface area (Å²) in [6, 6.07) is 19.5. The van der Waals surface area contributed by atoms with Gasteiger partial charge in [-0.3, -0.25) is 0 Å². The summed E-state index contributed by atoms with van der Waals surface area (Å²) in [5.74, 6) is 0.202. The molecule has 3 rings (SSSR count). The SMILES string of the molecule is O=C(Nc1ccccc1)Nc1cccc2cc(O)ccc12. The smallest absolute Gasteiger partial charge is 0.323 e. The standard InChI is InChI=1S/C17H14N2O2/c20-14-9-10-15-12(11-14)5-4-8-16(15)19-17(21)18-13-6-2-1-3-7-13/h1-11,20H,(H2,18,19,21). The molecule has 0 radical (unpaired) electrons. The fraction of sp³-hybridized carbons (Fsp3) is 0. The van der Waals surface area contributed by atoms with E-state index in [-0.39, 0.29) is 11.8 Å². The first kappa shape index (κ1) is 13.0. The average Bonchev–Trinajstić information content (AvgIpc) is 2.48. The molecule has 3 aromatic rings. The van der Waals surface area contributed by atoms with Crippen LogP contribution in [0.2, 0.25) is 0 Å². The summed E-state index contributed by atoms with van der Waals surface area (Å²) in [4.78, 5) is 12.0. The lowest BCUT2D eigenvalue weighted by Crippen LogP contribution is -2.19. The molecule has 4 nitrogen and oxygen atoms in total. The van der Waals surface area contributed by atoms with Crippen molar-refractivity contribution in [3.05, 3.63) is 66.7 Å². The van der Waals surface area contributed by atoms with Gasteiger partial charge in [-0.1, -0.05) is 30.3 Å². The minimum atomic E-state index is -0.304. The van der Waals surface area contributed by atoms with E-state index < -0.39 is 0 Å². The molecule has 0 fully saturated rings. The zero-order valence-electron chi connectivity index (χ0n) is 11.2. The Morgan fingerprint density at radius 2 is 1.67 bits per heavy atom. The summed E-state index contributed by atoms with van der Waals surface area (Å²) in [6.45, 7) is 0. The van der Waals surface area contributed by atoms with Crippen molar-refractivity contribution in [2.24, 2.45) is 0 Å². The predicted molar refractivity (Wildman–Crippen MR) is 84.7 cm³/mol. The highest BCUT2D eigenvalue weighted by Gasteiger charge is 2.06. The zero-order valence-corrected chi connectivity index (χ0v) is 11.2. The summed E-state index contributed by atoms with van der Waals surface area (Å²) < 4.78 is 0. The molecular formula is C17H14N2O2. The van der Waals surface area contributed by atoms with Crippen LogP contribution in [-0.2, 0) is 0 Å². The second-order valence-electron chi connectivity index (χ2n) is 4.66. The molecule has 0 aliphatic rings. The monoisotopic (exact) mass is 278 g/mol. The number of para-hydroxylation sites is 1. The fourth-order valence-electron chi connectivity index (χ4n) is 2.19. The summed E-state index contributed by atoms with van der Waals surface area (Å²) >= 11 is 0. The van der Waals surface area contributed by atoms with Gasteiger partial charge in [-0.2, -0.15) is 0 Å². The van der Waals surface area contributed by atoms with Crippen LogP contribution in [0.1, 0.15) is 0 Å². The third-order valence-corrected chi connectivity index (χ3v) is 3.14. The third-order valence-electron chi connectivity index (χ3n) is 3.14. The van der Waals surface area contributed by atoms with Gasteiger partial charge < -0.3 is 15.7 Å². The fourth-order valence-corrected chi connectivity index (χ4v) is 2.19. The lowest BCUT2D eigenvalue weighted by molar-refractivity contribution is 0.262. The molecule has 0 aliphatic heterocycles. The van der Waals surface area contributed by atoms with Crippen molar-refractivity contribution in [3.8, 4) is 5.75 Å². The Labute approximate surface area is 122 Å². The van der Waals surface area contributed by atoms with Gasteiger partial charge in [0.2, 0.25) is 0 Å². The summed E-state index contributed by atoms with van der Waals surface area (Å²) in [6.07, 6.45) is 0. The van der Waals surface area contributed by atoms with Crippen LogP contribution in [0.5, 0.6) is 5.75 Å². The number of phenols is 1. The van der Waals surface area contributed by atoms with Crippen LogP contribution in [0.4, 0.5) is 16.2 Å². The van der Waals surface area contributed by atoms with Crippen molar-refractivity contribution < 1.29 is 9.90 Å². The summed E-state index contributed by atoms with van der Waals surface area (Å²) in [7, 11) is 0. The van der Waals surface area contributed by atoms with Crippen LogP contribution < -0.4 is 10.6 Å². The second-order valence-corrected chi connectivity index (χ2v) is 4.66. The number of nitrogens with one attached hydrogen (secondary N) is 2. The number of rotatable bonds is 2. The first-order valence-electron chi connectivity index (χ1n) is 6.57. The van der Waals surface area contributed by atoms with E-state index in [0.29, 0.717) is 5.69 Å². The number of benzene rings is 3. The van der Waals surface area contributed by atoms with Crippen LogP contribution in [0.3, 0.4) is 0 Å². The van der Waals surface area contributed by atoms with E-state index in [1.807, 2.05) is 48.5 Å². The maximum atomic E-state index is 12.0. The van der Waals surface area contributed by atoms with Crippen molar-refractivity contribution in [2.75, 3.05) is 10.6 Å². The van der Waals surface area contributed by atoms with Crippen LogP contribution in [0.25, 0.3) is 10.8 Å². The Kier molecular flexibility index (Phi) is 3.43. The van der Waals surface area contributed by atoms with E-state index in [1.54, 1.807) is 18.2 Å². The van der Waals surface area contributed by atoms with Gasteiger partial charge in [-0.25, -0.2) is 4.79 Å². The number of fused-ring (bicyclic) bond motifs is 1. The summed E-state index contributed by atoms with van der Waals surface area (Å²) in [5, 5.41) is 16.8. The first-order chi connectivity index (χ1) is 10.2. The molecule has 0 atom stereocenters. The quantitative estimate of drug-likeness (QED) is 0.658. The molecule has 0 bridgehead atoms. The van der Waals surface area contributed by atoms with E-state index in [0.717, 1.165) is 16.5 Å². The highest BCUT2D eigenvalue weighted by atomic mass is 16.3. The molecule has 3 N–H and O–H groups in total. The minimum Gasteiger partial charge on any atom is -0.508 e. The van der Waals surface area contributed by atoms with Crippen molar-refractivity contribution >= 4 is 28.2 Å². The topological polar surface area (TPSA) is 61.4 Å². The number of hydrogen-bond donors (Lipinski definition) is 3. The lowest BCUT2D eigenvalue weighted by atomic mass is 10.1. The van der Waals surface area contributed by atoms with Gasteiger partial charge in [-0.05, 0) is 41.8 Å². The maximum absolute atomic E-state index is 12.0. The Morgan fingerprint density at radius 1 is 0.857 bits per heavy atom. The van der Waals surface area contributed by atoms with Crippen molar-refractivity contribution in [1.82, 2.24) is 0 Å². The van der Waals surface area contributed by atoms with Gasteiger partial charge in [0, 0.05) is 11.1 Å². The largest absolute Gasteiger partial charge is 0.508 e. The van der Waals surface area contributed by atoms with Gasteiger partial charge in [0.1, 0.15) is 5.75 Å². The number of aromatic hydroxyl groups is 1. The van der Waals surface area contributed by atoms with E-state index in [4.69, 9.17) is 0 Å². The highest BCUT2D eigenvalue weighted by Crippen LogP contribution is 2.26. The third kappa shape index (κ3) is 2.95. The Hall–Kier alpha value is -3.01. The minimum absolute atomic E-state index is 0.202. The lowest BCUT2D eigenvalue weighted by Gasteiger charge is -2.10. The van der Waals surface area contributed by atoms with Gasteiger partial charge in [0.15, 0.2) is 0 Å². The predicted octanol–water partition coefficient (Wildman–Crippen LogP) is 4.19. The van der Waals surface area contributed by atoms with Crippen LogP contribution in [-0.4, -0.2) is 11.1 Å². The van der Waals surface area contributed by atoms with E-state index in [1.165, 1.54) is 0 Å². The number of carbonyl (C=O) groups is 1. The van der Waals surface area contributed by atoms with Crippen LogP contribution >= 0.6 is 0 Å². The number of carbonyl (C=O) groups excluding carboxylic acids is 1. The number of urea groups is 1. The average molecular weight is 278 g/mol. The highest BCUT2D eigenvalue weighted by molar-refractivity contribution is 6.06. The van der Waals surface area contributed by atoms with Crippen LogP contribution in [0.15, 0.2) is 66.7 Å². The Balaban J connectivity index is 1.83. The van der Waals surface area contributed by atoms with E-state index in [9.17, 15) is 9.90 Å².